The molecule has 0 spiro atoms. The fraction of sp³-hybridized carbons (Fsp3) is 0.568. The second-order valence-electron chi connectivity index (χ2n) is 15.2. The molecule has 63 heavy (non-hydrogen) atoms. The van der Waals surface area contributed by atoms with E-state index < -0.39 is 37.0 Å². The molecule has 4 aliphatic heterocycles. The molecule has 4 aliphatic rings. The van der Waals surface area contributed by atoms with Gasteiger partial charge in [-0.15, -0.1) is 0 Å². The van der Waals surface area contributed by atoms with Crippen LogP contribution in [0.1, 0.15) is 89.0 Å². The lowest BCUT2D eigenvalue weighted by molar-refractivity contribution is -0.0437. The van der Waals surface area contributed by atoms with E-state index in [9.17, 15) is 39.0 Å². The third kappa shape index (κ3) is 8.27. The van der Waals surface area contributed by atoms with Crippen LogP contribution in [0.3, 0.4) is 0 Å². The van der Waals surface area contributed by atoms with E-state index in [1.54, 1.807) is 20.8 Å². The Morgan fingerprint density at radius 1 is 0.603 bits per heavy atom. The molecule has 6 aromatic heterocycles. The Kier molecular flexibility index (Phi) is 12.5. The highest BCUT2D eigenvalue weighted by Gasteiger charge is 2.54. The topological polar surface area (TPSA) is 290 Å². The molecule has 10 rings (SSSR count). The first-order valence-corrected chi connectivity index (χ1v) is 22.9. The molecule has 4 unspecified atom stereocenters. The van der Waals surface area contributed by atoms with Crippen LogP contribution < -0.4 is 31.3 Å². The fourth-order valence-corrected chi connectivity index (χ4v) is 10.8. The Balaban J connectivity index is 0.000000130. The van der Waals surface area contributed by atoms with Crippen LogP contribution in [0.2, 0.25) is 0 Å². The van der Waals surface area contributed by atoms with Crippen molar-refractivity contribution in [1.29, 1.82) is 0 Å². The number of hydrogen-bond acceptors (Lipinski definition) is 20. The highest BCUT2D eigenvalue weighted by Crippen LogP contribution is 2.40. The zero-order chi connectivity index (χ0) is 45.2. The van der Waals surface area contributed by atoms with E-state index in [0.717, 1.165) is 40.4 Å². The number of aliphatic hydroxyl groups excluding tert-OH is 2. The molecule has 10 atom stereocenters. The smallest absolute Gasteiger partial charge is 0.353 e. The SMILES string of the molecule is CC[C@@H]1C[C@@H](O)C(n2c(=O)sc3c(=O)[nH]c(C)nc32)O1.CC[C@H]1OC(n2c(=O)sc3c(=O)[nH]c(C)nc32)C2OC(=S)O[C@@H]21.CC[C@H]1OC(n2c(=O)sc3c(=O)[nH]c(C)nc32)C[C@@H]1O. The molecule has 0 radical (unpaired) electrons. The minimum Gasteiger partial charge on any atom is -0.447 e. The monoisotopic (exact) mass is 949 g/mol. The van der Waals surface area contributed by atoms with Gasteiger partial charge in [0.15, 0.2) is 41.6 Å². The predicted molar refractivity (Wildman–Crippen MR) is 234 cm³/mol. The van der Waals surface area contributed by atoms with Crippen molar-refractivity contribution in [2.75, 3.05) is 0 Å². The van der Waals surface area contributed by atoms with Crippen molar-refractivity contribution in [3.8, 4) is 0 Å². The van der Waals surface area contributed by atoms with Crippen molar-refractivity contribution in [2.45, 2.75) is 135 Å². The Morgan fingerprint density at radius 2 is 1.06 bits per heavy atom. The molecule has 10 heterocycles. The molecule has 22 nitrogen and oxygen atoms in total. The second kappa shape index (κ2) is 17.6. The molecule has 338 valence electrons. The number of nitrogens with zero attached hydrogens (tertiary/aromatic N) is 6. The summed E-state index contributed by atoms with van der Waals surface area (Å²) in [4.78, 5) is 91.9. The molecule has 0 amide bonds. The summed E-state index contributed by atoms with van der Waals surface area (Å²) >= 11 is 7.48. The van der Waals surface area contributed by atoms with E-state index in [2.05, 4.69) is 29.9 Å². The third-order valence-corrected chi connectivity index (χ3v) is 14.0. The Labute approximate surface area is 371 Å². The summed E-state index contributed by atoms with van der Waals surface area (Å²) in [5.74, 6) is 1.29. The number of H-pyrrole nitrogens is 3. The van der Waals surface area contributed by atoms with Crippen LogP contribution >= 0.6 is 46.2 Å². The molecule has 0 aliphatic carbocycles. The van der Waals surface area contributed by atoms with Crippen molar-refractivity contribution in [1.82, 2.24) is 43.6 Å². The molecule has 4 fully saturated rings. The van der Waals surface area contributed by atoms with Gasteiger partial charge in [0.25, 0.3) is 16.7 Å². The van der Waals surface area contributed by atoms with Gasteiger partial charge in [-0.25, -0.2) is 15.0 Å². The summed E-state index contributed by atoms with van der Waals surface area (Å²) in [6.45, 7) is 10.8. The first kappa shape index (κ1) is 44.8. The molecule has 5 N–H and O–H groups in total. The van der Waals surface area contributed by atoms with Gasteiger partial charge in [-0.2, -0.15) is 0 Å². The lowest BCUT2D eigenvalue weighted by Gasteiger charge is -2.17. The highest BCUT2D eigenvalue weighted by atomic mass is 32.1. The summed E-state index contributed by atoms with van der Waals surface area (Å²) in [6.07, 6.45) is -1.99. The van der Waals surface area contributed by atoms with Gasteiger partial charge in [-0.1, -0.05) is 54.8 Å². The molecule has 4 saturated heterocycles. The van der Waals surface area contributed by atoms with E-state index >= 15 is 0 Å². The van der Waals surface area contributed by atoms with Crippen molar-refractivity contribution in [2.24, 2.45) is 0 Å². The summed E-state index contributed by atoms with van der Waals surface area (Å²) in [6, 6.07) is 0. The van der Waals surface area contributed by atoms with Gasteiger partial charge >= 0.3 is 19.9 Å². The third-order valence-electron chi connectivity index (χ3n) is 11.0. The number of nitrogens with one attached hydrogen (secondary N) is 3. The van der Waals surface area contributed by atoms with E-state index in [0.29, 0.717) is 59.2 Å². The van der Waals surface area contributed by atoms with Gasteiger partial charge in [0, 0.05) is 25.1 Å². The number of aryl methyl sites for hydroxylation is 3. The molecule has 0 aromatic carbocycles. The number of fused-ring (bicyclic) bond motifs is 4. The van der Waals surface area contributed by atoms with Crippen molar-refractivity contribution >= 4 is 82.5 Å². The largest absolute Gasteiger partial charge is 0.447 e. The number of ether oxygens (including phenoxy) is 5. The number of aromatic amines is 3. The van der Waals surface area contributed by atoms with Crippen LogP contribution in [0.5, 0.6) is 0 Å². The van der Waals surface area contributed by atoms with Crippen LogP contribution in [0.4, 0.5) is 0 Å². The van der Waals surface area contributed by atoms with Gasteiger partial charge in [0.1, 0.15) is 50.0 Å². The van der Waals surface area contributed by atoms with E-state index in [4.69, 9.17) is 35.9 Å². The zero-order valence-electron chi connectivity index (χ0n) is 34.5. The van der Waals surface area contributed by atoms with E-state index in [-0.39, 0.29) is 76.0 Å². The van der Waals surface area contributed by atoms with Crippen LogP contribution in [0.15, 0.2) is 28.8 Å². The lowest BCUT2D eigenvalue weighted by Crippen LogP contribution is -2.31. The van der Waals surface area contributed by atoms with Crippen molar-refractivity contribution < 1.29 is 33.9 Å². The molecule has 26 heteroatoms. The Hall–Kier alpha value is -4.80. The van der Waals surface area contributed by atoms with Gasteiger partial charge in [-0.3, -0.25) is 42.5 Å². The van der Waals surface area contributed by atoms with Gasteiger partial charge in [0.05, 0.1) is 18.3 Å². The van der Waals surface area contributed by atoms with Crippen LogP contribution in [-0.4, -0.2) is 102 Å². The number of aromatic nitrogens is 9. The van der Waals surface area contributed by atoms with Crippen molar-refractivity contribution in [3.63, 3.8) is 0 Å². The highest BCUT2D eigenvalue weighted by molar-refractivity contribution is 7.79. The average molecular weight is 950 g/mol. The number of aliphatic hydroxyl groups is 2. The van der Waals surface area contributed by atoms with Crippen molar-refractivity contribution in [3.05, 3.63) is 77.5 Å². The molecule has 0 bridgehead atoms. The standard InChI is InChI=1S/C13H13N3O5S2.2C12H15N3O4S/c1-3-5-6-7(21-13(22)20-6)11(19-5)16-9-8(23-12(16)18)10(17)15-4(2)14-9;1-3-7-6(16)4-8(19-7)15-10-9(20-12(15)18)11(17)14-5(2)13-10;1-3-6-4-7(16)11(19-6)15-9-8(20-12(15)18)10(17)14-5(2)13-9/h5-7,11H,3H2,1-2H3,(H,14,15,17);6-8,16H,3-4H2,1-2H3,(H,13,14,17);6-7,11,16H,3-4H2,1-2H3,(H,13,14,17)/t5-,6-,7?,11?;6-,7+,8?;6-,7-,11?/m101/s1. The summed E-state index contributed by atoms with van der Waals surface area (Å²) < 4.78 is 33.2. The average Bonchev–Trinajstić information content (AvgIpc) is 4.09. The van der Waals surface area contributed by atoms with E-state index in [1.807, 2.05) is 20.8 Å². The Morgan fingerprint density at radius 3 is 1.52 bits per heavy atom. The molecule has 0 saturated carbocycles. The van der Waals surface area contributed by atoms with E-state index in [1.165, 1.54) is 13.7 Å². The number of thiocarbonyl (C=S) groups is 1. The minimum atomic E-state index is -0.769. The van der Waals surface area contributed by atoms with Crippen LogP contribution in [-0.2, 0) is 23.7 Å². The lowest BCUT2D eigenvalue weighted by atomic mass is 10.1. The number of rotatable bonds is 6. The molecular weight excluding hydrogens is 907 g/mol. The summed E-state index contributed by atoms with van der Waals surface area (Å²) in [7, 11) is 0. The van der Waals surface area contributed by atoms with Crippen LogP contribution in [0, 0.1) is 20.8 Å². The summed E-state index contributed by atoms with van der Waals surface area (Å²) in [5.41, 5.74) is -0.0960. The molecular formula is C37H43N9O13S4. The quantitative estimate of drug-likeness (QED) is 0.149. The normalized spacial score (nSPS) is 27.6. The van der Waals surface area contributed by atoms with Gasteiger partial charge < -0.3 is 48.8 Å². The minimum absolute atomic E-state index is 0.0568. The van der Waals surface area contributed by atoms with Gasteiger partial charge in [0.2, 0.25) is 0 Å². The maximum Gasteiger partial charge on any atom is 0.353 e. The Bertz CT molecular complexity index is 3090. The number of thiazole rings is 3. The van der Waals surface area contributed by atoms with Gasteiger partial charge in [-0.05, 0) is 40.0 Å². The molecule has 6 aromatic rings. The first-order valence-electron chi connectivity index (χ1n) is 20.1. The maximum atomic E-state index is 12.4. The second-order valence-corrected chi connectivity index (χ2v) is 18.4. The first-order chi connectivity index (χ1) is 30.0. The van der Waals surface area contributed by atoms with Crippen LogP contribution in [0.25, 0.3) is 31.0 Å². The predicted octanol–water partition coefficient (Wildman–Crippen LogP) is 1.86. The summed E-state index contributed by atoms with van der Waals surface area (Å²) in [5, 5.41) is 20.1. The maximum absolute atomic E-state index is 12.4. The fourth-order valence-electron chi connectivity index (χ4n) is 8.05. The zero-order valence-corrected chi connectivity index (χ0v) is 37.8. The number of hydrogen-bond donors (Lipinski definition) is 5.